The lowest BCUT2D eigenvalue weighted by molar-refractivity contribution is 0.0696. The summed E-state index contributed by atoms with van der Waals surface area (Å²) in [5.74, 6) is -0.556. The van der Waals surface area contributed by atoms with E-state index in [2.05, 4.69) is 17.4 Å². The van der Waals surface area contributed by atoms with Crippen molar-refractivity contribution in [3.8, 4) is 0 Å². The van der Waals surface area contributed by atoms with Gasteiger partial charge in [-0.05, 0) is 23.5 Å². The van der Waals surface area contributed by atoms with Crippen molar-refractivity contribution >= 4 is 11.9 Å². The van der Waals surface area contributed by atoms with Crippen molar-refractivity contribution in [3.63, 3.8) is 0 Å². The van der Waals surface area contributed by atoms with Crippen LogP contribution in [-0.2, 0) is 6.42 Å². The molecule has 2 aliphatic rings. The minimum Gasteiger partial charge on any atom is -0.478 e. The number of furan rings is 1. The molecule has 0 radical (unpaired) electrons. The first-order chi connectivity index (χ1) is 10.1. The summed E-state index contributed by atoms with van der Waals surface area (Å²) in [6.45, 7) is 0. The van der Waals surface area contributed by atoms with Crippen LogP contribution in [-0.4, -0.2) is 23.0 Å². The minimum absolute atomic E-state index is 0.0125. The maximum atomic E-state index is 12.1. The van der Waals surface area contributed by atoms with Gasteiger partial charge in [0.15, 0.2) is 5.76 Å². The highest BCUT2D eigenvalue weighted by atomic mass is 16.4. The molecule has 0 spiro atoms. The molecule has 2 aliphatic carbocycles. The Hall–Kier alpha value is -2.56. The van der Waals surface area contributed by atoms with Gasteiger partial charge in [0.1, 0.15) is 6.26 Å². The molecule has 0 aliphatic heterocycles. The molecule has 1 saturated carbocycles. The maximum absolute atomic E-state index is 12.1. The van der Waals surface area contributed by atoms with Gasteiger partial charge in [0, 0.05) is 18.0 Å². The molecule has 21 heavy (non-hydrogen) atoms. The molecule has 1 fully saturated rings. The van der Waals surface area contributed by atoms with E-state index in [9.17, 15) is 9.59 Å². The molecule has 3 atom stereocenters. The lowest BCUT2D eigenvalue weighted by Crippen LogP contribution is -2.28. The van der Waals surface area contributed by atoms with Crippen molar-refractivity contribution in [2.75, 3.05) is 0 Å². The number of hydrogen-bond donors (Lipinski definition) is 2. The summed E-state index contributed by atoms with van der Waals surface area (Å²) in [7, 11) is 0. The molecular weight excluding hydrogens is 270 g/mol. The fraction of sp³-hybridized carbons (Fsp3) is 0.250. The summed E-state index contributed by atoms with van der Waals surface area (Å²) in [5.41, 5.74) is 2.67. The third kappa shape index (κ3) is 1.85. The van der Waals surface area contributed by atoms with Crippen molar-refractivity contribution < 1.29 is 19.1 Å². The number of benzene rings is 1. The number of carboxylic acids is 1. The van der Waals surface area contributed by atoms with Gasteiger partial charge in [-0.1, -0.05) is 24.3 Å². The monoisotopic (exact) mass is 283 g/mol. The van der Waals surface area contributed by atoms with Crippen molar-refractivity contribution in [1.29, 1.82) is 0 Å². The largest absolute Gasteiger partial charge is 0.478 e. The Kier molecular flexibility index (Phi) is 2.45. The van der Waals surface area contributed by atoms with E-state index < -0.39 is 5.97 Å². The fourth-order valence-electron chi connectivity index (χ4n) is 3.34. The number of amides is 1. The highest BCUT2D eigenvalue weighted by Gasteiger charge is 2.56. The van der Waals surface area contributed by atoms with Crippen molar-refractivity contribution in [1.82, 2.24) is 5.32 Å². The first-order valence-electron chi connectivity index (χ1n) is 6.85. The Bertz CT molecular complexity index is 748. The first-order valence-corrected chi connectivity index (χ1v) is 6.85. The Morgan fingerprint density at radius 1 is 1.29 bits per heavy atom. The van der Waals surface area contributed by atoms with Gasteiger partial charge >= 0.3 is 5.97 Å². The lowest BCUT2D eigenvalue weighted by Gasteiger charge is -2.08. The molecule has 106 valence electrons. The molecule has 2 N–H and O–H groups in total. The second-order valence-corrected chi connectivity index (χ2v) is 5.60. The average Bonchev–Trinajstić information content (AvgIpc) is 2.89. The van der Waals surface area contributed by atoms with Gasteiger partial charge in [0.25, 0.3) is 5.91 Å². The van der Waals surface area contributed by atoms with Crippen molar-refractivity contribution in [2.45, 2.75) is 18.4 Å². The van der Waals surface area contributed by atoms with E-state index in [1.54, 1.807) is 0 Å². The van der Waals surface area contributed by atoms with Gasteiger partial charge in [-0.2, -0.15) is 0 Å². The fourth-order valence-corrected chi connectivity index (χ4v) is 3.34. The lowest BCUT2D eigenvalue weighted by atomic mass is 10.1. The predicted molar refractivity (Wildman–Crippen MR) is 73.3 cm³/mol. The number of nitrogens with one attached hydrogen (secondary N) is 1. The molecule has 1 aromatic heterocycles. The smallest absolute Gasteiger partial charge is 0.338 e. The summed E-state index contributed by atoms with van der Waals surface area (Å²) in [4.78, 5) is 22.9. The number of fused-ring (bicyclic) bond motifs is 3. The van der Waals surface area contributed by atoms with E-state index in [1.807, 2.05) is 12.1 Å². The summed E-state index contributed by atoms with van der Waals surface area (Å²) in [5, 5.41) is 11.8. The van der Waals surface area contributed by atoms with Gasteiger partial charge in [-0.15, -0.1) is 0 Å². The average molecular weight is 283 g/mol. The number of carboxylic acid groups (broad SMARTS) is 1. The van der Waals surface area contributed by atoms with E-state index >= 15 is 0 Å². The number of hydrogen-bond acceptors (Lipinski definition) is 3. The maximum Gasteiger partial charge on any atom is 0.338 e. The Morgan fingerprint density at radius 3 is 2.86 bits per heavy atom. The molecular formula is C16H13NO4. The third-order valence-electron chi connectivity index (χ3n) is 4.41. The second kappa shape index (κ2) is 4.22. The Balaban J connectivity index is 1.47. The first kappa shape index (κ1) is 12.2. The molecule has 1 amide bonds. The van der Waals surface area contributed by atoms with Crippen LogP contribution in [0.25, 0.3) is 0 Å². The SMILES string of the molecule is O=C(O)c1coc(C(=O)NC2C3Cc4ccccc4C32)c1. The van der Waals surface area contributed by atoms with Crippen molar-refractivity contribution in [2.24, 2.45) is 5.92 Å². The number of rotatable bonds is 3. The summed E-state index contributed by atoms with van der Waals surface area (Å²) < 4.78 is 5.02. The molecule has 3 unspecified atom stereocenters. The highest BCUT2D eigenvalue weighted by Crippen LogP contribution is 2.56. The number of carbonyl (C=O) groups is 2. The van der Waals surface area contributed by atoms with Gasteiger partial charge in [-0.3, -0.25) is 4.79 Å². The molecule has 2 aromatic rings. The van der Waals surface area contributed by atoms with E-state index in [-0.39, 0.29) is 23.3 Å². The van der Waals surface area contributed by atoms with Crippen LogP contribution >= 0.6 is 0 Å². The second-order valence-electron chi connectivity index (χ2n) is 5.60. The Labute approximate surface area is 120 Å². The van der Waals surface area contributed by atoms with Crippen LogP contribution in [0.4, 0.5) is 0 Å². The molecule has 5 nitrogen and oxygen atoms in total. The van der Waals surface area contributed by atoms with E-state index in [0.29, 0.717) is 11.8 Å². The Morgan fingerprint density at radius 2 is 2.10 bits per heavy atom. The molecule has 1 heterocycles. The number of carbonyl (C=O) groups excluding carboxylic acids is 1. The third-order valence-corrected chi connectivity index (χ3v) is 4.41. The standard InChI is InChI=1S/C16H13NO4/c18-15(12-6-9(7-21-12)16(19)20)17-14-11-5-8-3-1-2-4-10(8)13(11)14/h1-4,6-7,11,13-14H,5H2,(H,17,18)(H,19,20). The van der Waals surface area contributed by atoms with Crippen LogP contribution in [0.2, 0.25) is 0 Å². The normalized spacial score (nSPS) is 25.0. The van der Waals surface area contributed by atoms with Crippen LogP contribution in [0.3, 0.4) is 0 Å². The molecule has 4 rings (SSSR count). The van der Waals surface area contributed by atoms with Gasteiger partial charge < -0.3 is 14.8 Å². The molecule has 0 bridgehead atoms. The van der Waals surface area contributed by atoms with E-state index in [4.69, 9.17) is 9.52 Å². The molecule has 1 aromatic carbocycles. The van der Waals surface area contributed by atoms with Crippen LogP contribution in [0.1, 0.15) is 38.0 Å². The molecule has 5 heteroatoms. The van der Waals surface area contributed by atoms with Crippen LogP contribution in [0.5, 0.6) is 0 Å². The zero-order chi connectivity index (χ0) is 14.6. The topological polar surface area (TPSA) is 79.5 Å². The molecule has 0 saturated heterocycles. The van der Waals surface area contributed by atoms with Crippen LogP contribution in [0.15, 0.2) is 41.0 Å². The predicted octanol–water partition coefficient (Wildman–Crippen LogP) is 2.05. The number of aromatic carboxylic acids is 1. The zero-order valence-corrected chi connectivity index (χ0v) is 11.1. The van der Waals surface area contributed by atoms with Gasteiger partial charge in [-0.25, -0.2) is 4.79 Å². The van der Waals surface area contributed by atoms with E-state index in [1.165, 1.54) is 17.2 Å². The summed E-state index contributed by atoms with van der Waals surface area (Å²) in [6, 6.07) is 9.68. The van der Waals surface area contributed by atoms with Gasteiger partial charge in [0.2, 0.25) is 0 Å². The zero-order valence-electron chi connectivity index (χ0n) is 11.1. The highest BCUT2D eigenvalue weighted by molar-refractivity contribution is 5.95. The van der Waals surface area contributed by atoms with Gasteiger partial charge in [0.05, 0.1) is 5.56 Å². The summed E-state index contributed by atoms with van der Waals surface area (Å²) in [6.07, 6.45) is 2.07. The minimum atomic E-state index is -1.10. The van der Waals surface area contributed by atoms with Crippen LogP contribution in [0, 0.1) is 5.92 Å². The summed E-state index contributed by atoms with van der Waals surface area (Å²) >= 11 is 0. The van der Waals surface area contributed by atoms with Crippen molar-refractivity contribution in [3.05, 3.63) is 59.0 Å². The quantitative estimate of drug-likeness (QED) is 0.903. The van der Waals surface area contributed by atoms with E-state index in [0.717, 1.165) is 12.7 Å². The van der Waals surface area contributed by atoms with Crippen LogP contribution < -0.4 is 5.32 Å².